The van der Waals surface area contributed by atoms with Crippen LogP contribution in [0.1, 0.15) is 53.4 Å². The van der Waals surface area contributed by atoms with Gasteiger partial charge in [0.05, 0.1) is 5.41 Å². The maximum Gasteiger partial charge on any atom is 0.317 e. The van der Waals surface area contributed by atoms with E-state index in [1.165, 1.54) is 12.8 Å². The Balaban J connectivity index is 2.60. The summed E-state index contributed by atoms with van der Waals surface area (Å²) in [4.78, 5) is 25.5. The van der Waals surface area contributed by atoms with Crippen molar-refractivity contribution in [1.29, 1.82) is 0 Å². The van der Waals surface area contributed by atoms with E-state index >= 15 is 0 Å². The lowest BCUT2D eigenvalue weighted by molar-refractivity contribution is -0.149. The van der Waals surface area contributed by atoms with E-state index in [4.69, 9.17) is 0 Å². The Kier molecular flexibility index (Phi) is 5.84. The van der Waals surface area contributed by atoms with Crippen LogP contribution in [0.25, 0.3) is 0 Å². The number of nitrogens with one attached hydrogen (secondary N) is 1. The van der Waals surface area contributed by atoms with E-state index in [9.17, 15) is 14.7 Å². The van der Waals surface area contributed by atoms with Crippen LogP contribution in [0, 0.1) is 11.3 Å². The third-order valence-corrected chi connectivity index (χ3v) is 4.42. The molecule has 5 nitrogen and oxygen atoms in total. The summed E-state index contributed by atoms with van der Waals surface area (Å²) in [5, 5.41) is 12.2. The van der Waals surface area contributed by atoms with Gasteiger partial charge in [0.15, 0.2) is 0 Å². The third kappa shape index (κ3) is 4.12. The molecule has 0 aliphatic heterocycles. The van der Waals surface area contributed by atoms with Crippen molar-refractivity contribution in [2.45, 2.75) is 59.4 Å². The van der Waals surface area contributed by atoms with Crippen molar-refractivity contribution < 1.29 is 14.7 Å². The predicted molar refractivity (Wildman–Crippen MR) is 78.6 cm³/mol. The molecule has 0 saturated heterocycles. The Labute approximate surface area is 121 Å². The minimum Gasteiger partial charge on any atom is -0.481 e. The van der Waals surface area contributed by atoms with Crippen LogP contribution in [0.15, 0.2) is 0 Å². The fraction of sp³-hybridized carbons (Fsp3) is 0.867. The van der Waals surface area contributed by atoms with Crippen molar-refractivity contribution in [2.75, 3.05) is 13.1 Å². The fourth-order valence-corrected chi connectivity index (χ4v) is 2.33. The second-order valence-electron chi connectivity index (χ2n) is 6.14. The SMILES string of the molecule is CCC(CC)(CNC(=O)N(CC1CC1)C(C)C)C(=O)O. The minimum absolute atomic E-state index is 0.137. The summed E-state index contributed by atoms with van der Waals surface area (Å²) in [7, 11) is 0. The Morgan fingerprint density at radius 2 is 1.85 bits per heavy atom. The molecule has 0 spiro atoms. The Hall–Kier alpha value is -1.26. The van der Waals surface area contributed by atoms with Crippen LogP contribution in [0.2, 0.25) is 0 Å². The second-order valence-corrected chi connectivity index (χ2v) is 6.14. The molecule has 0 atom stereocenters. The van der Waals surface area contributed by atoms with Gasteiger partial charge in [-0.1, -0.05) is 13.8 Å². The number of carboxylic acids is 1. The molecule has 1 saturated carbocycles. The first kappa shape index (κ1) is 16.8. The van der Waals surface area contributed by atoms with Crippen LogP contribution >= 0.6 is 0 Å². The number of hydrogen-bond acceptors (Lipinski definition) is 2. The average molecular weight is 284 g/mol. The topological polar surface area (TPSA) is 69.6 Å². The lowest BCUT2D eigenvalue weighted by Gasteiger charge is -2.31. The molecule has 0 radical (unpaired) electrons. The smallest absolute Gasteiger partial charge is 0.317 e. The molecular formula is C15H28N2O3. The highest BCUT2D eigenvalue weighted by Gasteiger charge is 2.36. The number of rotatable bonds is 8. The van der Waals surface area contributed by atoms with Crippen LogP contribution in [-0.2, 0) is 4.79 Å². The first-order chi connectivity index (χ1) is 9.36. The first-order valence-electron chi connectivity index (χ1n) is 7.64. The van der Waals surface area contributed by atoms with Gasteiger partial charge < -0.3 is 15.3 Å². The molecule has 0 heterocycles. The fourth-order valence-electron chi connectivity index (χ4n) is 2.33. The molecule has 5 heteroatoms. The standard InChI is InChI=1S/C15H28N2O3/c1-5-15(6-2,13(18)19)10-16-14(20)17(11(3)4)9-12-7-8-12/h11-12H,5-10H2,1-4H3,(H,16,20)(H,18,19). The van der Waals surface area contributed by atoms with Gasteiger partial charge in [0.2, 0.25) is 0 Å². The molecule has 0 aromatic rings. The van der Waals surface area contributed by atoms with Gasteiger partial charge in [-0.15, -0.1) is 0 Å². The molecule has 2 N–H and O–H groups in total. The highest BCUT2D eigenvalue weighted by molar-refractivity contribution is 5.78. The third-order valence-electron chi connectivity index (χ3n) is 4.42. The molecular weight excluding hydrogens is 256 g/mol. The Morgan fingerprint density at radius 1 is 1.30 bits per heavy atom. The molecule has 116 valence electrons. The molecule has 0 unspecified atom stereocenters. The summed E-state index contributed by atoms with van der Waals surface area (Å²) in [5.74, 6) is -0.203. The van der Waals surface area contributed by atoms with Gasteiger partial charge in [0.25, 0.3) is 0 Å². The molecule has 0 aromatic heterocycles. The highest BCUT2D eigenvalue weighted by atomic mass is 16.4. The molecule has 0 bridgehead atoms. The largest absolute Gasteiger partial charge is 0.481 e. The van der Waals surface area contributed by atoms with E-state index in [-0.39, 0.29) is 18.6 Å². The molecule has 1 aliphatic carbocycles. The van der Waals surface area contributed by atoms with E-state index in [1.807, 2.05) is 32.6 Å². The number of nitrogens with zero attached hydrogens (tertiary/aromatic N) is 1. The van der Waals surface area contributed by atoms with Crippen LogP contribution in [0.5, 0.6) is 0 Å². The lowest BCUT2D eigenvalue weighted by Crippen LogP contribution is -2.49. The number of hydrogen-bond donors (Lipinski definition) is 2. The van der Waals surface area contributed by atoms with Gasteiger partial charge in [-0.05, 0) is 45.4 Å². The van der Waals surface area contributed by atoms with Gasteiger partial charge in [0, 0.05) is 19.1 Å². The molecule has 1 fully saturated rings. The predicted octanol–water partition coefficient (Wildman–Crippen LogP) is 2.71. The molecule has 1 aliphatic rings. The maximum absolute atomic E-state index is 12.3. The summed E-state index contributed by atoms with van der Waals surface area (Å²) < 4.78 is 0. The summed E-state index contributed by atoms with van der Waals surface area (Å²) >= 11 is 0. The molecule has 2 amide bonds. The van der Waals surface area contributed by atoms with E-state index in [0.29, 0.717) is 18.8 Å². The zero-order valence-electron chi connectivity index (χ0n) is 13.1. The average Bonchev–Trinajstić information content (AvgIpc) is 3.20. The van der Waals surface area contributed by atoms with Gasteiger partial charge >= 0.3 is 12.0 Å². The highest BCUT2D eigenvalue weighted by Crippen LogP contribution is 2.30. The molecule has 0 aromatic carbocycles. The van der Waals surface area contributed by atoms with E-state index < -0.39 is 11.4 Å². The quantitative estimate of drug-likeness (QED) is 0.720. The van der Waals surface area contributed by atoms with E-state index in [0.717, 1.165) is 6.54 Å². The van der Waals surface area contributed by atoms with Crippen LogP contribution in [0.3, 0.4) is 0 Å². The van der Waals surface area contributed by atoms with Gasteiger partial charge in [-0.25, -0.2) is 4.79 Å². The lowest BCUT2D eigenvalue weighted by atomic mass is 9.82. The summed E-state index contributed by atoms with van der Waals surface area (Å²) in [6.45, 7) is 8.67. The van der Waals surface area contributed by atoms with Crippen molar-refractivity contribution in [1.82, 2.24) is 10.2 Å². The number of carbonyl (C=O) groups excluding carboxylic acids is 1. The van der Waals surface area contributed by atoms with Crippen molar-refractivity contribution in [3.05, 3.63) is 0 Å². The summed E-state index contributed by atoms with van der Waals surface area (Å²) in [6.07, 6.45) is 3.42. The summed E-state index contributed by atoms with van der Waals surface area (Å²) in [5.41, 5.74) is -0.849. The number of carboxylic acid groups (broad SMARTS) is 1. The molecule has 1 rings (SSSR count). The Morgan fingerprint density at radius 3 is 2.20 bits per heavy atom. The number of aliphatic carboxylic acids is 1. The van der Waals surface area contributed by atoms with Crippen molar-refractivity contribution in [3.8, 4) is 0 Å². The first-order valence-corrected chi connectivity index (χ1v) is 7.64. The van der Waals surface area contributed by atoms with Crippen molar-refractivity contribution in [3.63, 3.8) is 0 Å². The normalized spacial score (nSPS) is 15.2. The zero-order valence-corrected chi connectivity index (χ0v) is 13.1. The Bertz CT molecular complexity index is 347. The van der Waals surface area contributed by atoms with Crippen LogP contribution in [0.4, 0.5) is 4.79 Å². The monoisotopic (exact) mass is 284 g/mol. The number of amides is 2. The van der Waals surface area contributed by atoms with E-state index in [1.54, 1.807) is 0 Å². The van der Waals surface area contributed by atoms with Gasteiger partial charge in [-0.2, -0.15) is 0 Å². The van der Waals surface area contributed by atoms with Crippen LogP contribution in [-0.4, -0.2) is 41.1 Å². The van der Waals surface area contributed by atoms with Gasteiger partial charge in [0.1, 0.15) is 0 Å². The van der Waals surface area contributed by atoms with Crippen molar-refractivity contribution >= 4 is 12.0 Å². The zero-order chi connectivity index (χ0) is 15.3. The van der Waals surface area contributed by atoms with E-state index in [2.05, 4.69) is 5.32 Å². The number of urea groups is 1. The van der Waals surface area contributed by atoms with Crippen molar-refractivity contribution in [2.24, 2.45) is 11.3 Å². The van der Waals surface area contributed by atoms with Crippen LogP contribution < -0.4 is 5.32 Å². The minimum atomic E-state index is -0.849. The second kappa shape index (κ2) is 6.95. The molecule has 20 heavy (non-hydrogen) atoms. The maximum atomic E-state index is 12.3. The number of carbonyl (C=O) groups is 2. The van der Waals surface area contributed by atoms with Gasteiger partial charge in [-0.3, -0.25) is 4.79 Å². The summed E-state index contributed by atoms with van der Waals surface area (Å²) in [6, 6.07) is -0.00231.